The zero-order chi connectivity index (χ0) is 23.8. The number of aryl methyl sites for hydroxylation is 3. The minimum Gasteiger partial charge on any atom is -0.377 e. The summed E-state index contributed by atoms with van der Waals surface area (Å²) in [6.45, 7) is 6.00. The van der Waals surface area contributed by atoms with Gasteiger partial charge in [0.1, 0.15) is 0 Å². The minimum absolute atomic E-state index is 0.739. The Morgan fingerprint density at radius 3 is 1.88 bits per heavy atom. The predicted octanol–water partition coefficient (Wildman–Crippen LogP) is 9.27. The summed E-state index contributed by atoms with van der Waals surface area (Å²) in [6.07, 6.45) is 21.7. The van der Waals surface area contributed by atoms with Gasteiger partial charge in [-0.15, -0.1) is 0 Å². The molecule has 1 fully saturated rings. The Bertz CT molecular complexity index is 793. The van der Waals surface area contributed by atoms with Crippen LogP contribution in [0, 0.1) is 11.8 Å². The Morgan fingerprint density at radius 2 is 1.29 bits per heavy atom. The molecule has 34 heavy (non-hydrogen) atoms. The Labute approximate surface area is 210 Å². The Balaban J connectivity index is 1.28. The molecular weight excluding hydrogens is 412 g/mol. The number of unbranched alkanes of at least 4 members (excludes halogenated alkanes) is 3. The first-order chi connectivity index (χ1) is 16.8. The number of rotatable bonds is 15. The maximum absolute atomic E-state index is 5.78. The van der Waals surface area contributed by atoms with Crippen molar-refractivity contribution in [3.8, 4) is 0 Å². The van der Waals surface area contributed by atoms with Crippen LogP contribution in [0.3, 0.4) is 0 Å². The number of allylic oxidation sites excluding steroid dienone is 2. The van der Waals surface area contributed by atoms with Crippen molar-refractivity contribution in [1.82, 2.24) is 0 Å². The van der Waals surface area contributed by atoms with E-state index in [2.05, 4.69) is 74.5 Å². The molecule has 1 heteroatoms. The van der Waals surface area contributed by atoms with Gasteiger partial charge in [-0.1, -0.05) is 93.3 Å². The largest absolute Gasteiger partial charge is 0.377 e. The molecule has 0 aliphatic heterocycles. The van der Waals surface area contributed by atoms with Gasteiger partial charge in [0.2, 0.25) is 0 Å². The molecule has 186 valence electrons. The lowest BCUT2D eigenvalue weighted by atomic mass is 9.79. The second-order valence-electron chi connectivity index (χ2n) is 10.4. The van der Waals surface area contributed by atoms with E-state index in [1.54, 1.807) is 0 Å². The number of ether oxygens (including phenoxy) is 1. The lowest BCUT2D eigenvalue weighted by molar-refractivity contribution is 0.117. The van der Waals surface area contributed by atoms with Gasteiger partial charge in [0.15, 0.2) is 0 Å². The topological polar surface area (TPSA) is 9.23 Å². The van der Waals surface area contributed by atoms with E-state index in [-0.39, 0.29) is 0 Å². The molecule has 1 aliphatic rings. The monoisotopic (exact) mass is 460 g/mol. The standard InChI is InChI=1S/C33H48O/c1-3-5-8-26-34-27-33-24-22-32(23-25-33)21-20-31-18-16-30(17-19-31)11-7-6-10-29-14-12-28(9-4-2)13-15-29/h4,9,16-19,22-25,28-29H,3,5-8,10-15,20-21,26-27H2,1-2H3/b9-4-. The van der Waals surface area contributed by atoms with Crippen molar-refractivity contribution in [3.05, 3.63) is 82.9 Å². The highest BCUT2D eigenvalue weighted by Crippen LogP contribution is 2.32. The van der Waals surface area contributed by atoms with Gasteiger partial charge in [0.05, 0.1) is 6.61 Å². The molecule has 0 amide bonds. The van der Waals surface area contributed by atoms with Crippen LogP contribution in [0.4, 0.5) is 0 Å². The van der Waals surface area contributed by atoms with Crippen molar-refractivity contribution in [1.29, 1.82) is 0 Å². The molecule has 2 aromatic carbocycles. The maximum atomic E-state index is 5.78. The van der Waals surface area contributed by atoms with Crippen LogP contribution in [0.2, 0.25) is 0 Å². The van der Waals surface area contributed by atoms with E-state index in [4.69, 9.17) is 4.74 Å². The molecule has 1 saturated carbocycles. The Morgan fingerprint density at radius 1 is 0.706 bits per heavy atom. The van der Waals surface area contributed by atoms with E-state index >= 15 is 0 Å². The van der Waals surface area contributed by atoms with Crippen molar-refractivity contribution in [2.45, 2.75) is 104 Å². The first kappa shape index (κ1) is 26.7. The van der Waals surface area contributed by atoms with E-state index in [1.807, 2.05) is 0 Å². The summed E-state index contributed by atoms with van der Waals surface area (Å²) in [4.78, 5) is 0. The van der Waals surface area contributed by atoms with Crippen LogP contribution in [0.15, 0.2) is 60.7 Å². The third kappa shape index (κ3) is 10.2. The zero-order valence-electron chi connectivity index (χ0n) is 21.9. The third-order valence-corrected chi connectivity index (χ3v) is 7.59. The van der Waals surface area contributed by atoms with Gasteiger partial charge in [0, 0.05) is 6.61 Å². The summed E-state index contributed by atoms with van der Waals surface area (Å²) < 4.78 is 5.78. The van der Waals surface area contributed by atoms with Crippen LogP contribution >= 0.6 is 0 Å². The molecule has 3 rings (SSSR count). The highest BCUT2D eigenvalue weighted by molar-refractivity contribution is 5.26. The van der Waals surface area contributed by atoms with Crippen LogP contribution in [0.5, 0.6) is 0 Å². The molecule has 0 N–H and O–H groups in total. The van der Waals surface area contributed by atoms with Crippen molar-refractivity contribution in [3.63, 3.8) is 0 Å². The molecule has 0 atom stereocenters. The normalized spacial score (nSPS) is 18.5. The molecule has 0 aromatic heterocycles. The molecule has 0 saturated heterocycles. The summed E-state index contributed by atoms with van der Waals surface area (Å²) in [5.41, 5.74) is 5.65. The van der Waals surface area contributed by atoms with E-state index in [0.29, 0.717) is 0 Å². The number of hydrogen-bond donors (Lipinski definition) is 0. The average Bonchev–Trinajstić information content (AvgIpc) is 2.88. The minimum atomic E-state index is 0.739. The Hall–Kier alpha value is -1.86. The molecule has 1 nitrogen and oxygen atoms in total. The fourth-order valence-electron chi connectivity index (χ4n) is 5.31. The fourth-order valence-corrected chi connectivity index (χ4v) is 5.31. The van der Waals surface area contributed by atoms with Crippen molar-refractivity contribution in [2.24, 2.45) is 11.8 Å². The van der Waals surface area contributed by atoms with Gasteiger partial charge in [-0.2, -0.15) is 0 Å². The Kier molecular flexibility index (Phi) is 12.5. The average molecular weight is 461 g/mol. The smallest absolute Gasteiger partial charge is 0.0716 e. The highest BCUT2D eigenvalue weighted by atomic mass is 16.5. The van der Waals surface area contributed by atoms with Gasteiger partial charge in [-0.05, 0) is 98.8 Å². The summed E-state index contributed by atoms with van der Waals surface area (Å²) in [6, 6.07) is 18.4. The first-order valence-corrected chi connectivity index (χ1v) is 14.1. The van der Waals surface area contributed by atoms with Crippen molar-refractivity contribution < 1.29 is 4.74 Å². The first-order valence-electron chi connectivity index (χ1n) is 14.1. The number of benzene rings is 2. The van der Waals surface area contributed by atoms with Gasteiger partial charge in [0.25, 0.3) is 0 Å². The summed E-state index contributed by atoms with van der Waals surface area (Å²) in [7, 11) is 0. The van der Waals surface area contributed by atoms with Gasteiger partial charge in [-0.3, -0.25) is 0 Å². The van der Waals surface area contributed by atoms with E-state index in [9.17, 15) is 0 Å². The third-order valence-electron chi connectivity index (χ3n) is 7.59. The summed E-state index contributed by atoms with van der Waals surface area (Å²) in [5.74, 6) is 1.84. The lowest BCUT2D eigenvalue weighted by Gasteiger charge is -2.26. The molecule has 0 radical (unpaired) electrons. The maximum Gasteiger partial charge on any atom is 0.0716 e. The van der Waals surface area contributed by atoms with Crippen LogP contribution in [0.1, 0.15) is 100 Å². The highest BCUT2D eigenvalue weighted by Gasteiger charge is 2.18. The molecule has 0 bridgehead atoms. The van der Waals surface area contributed by atoms with Gasteiger partial charge < -0.3 is 4.74 Å². The van der Waals surface area contributed by atoms with Crippen molar-refractivity contribution >= 4 is 0 Å². The van der Waals surface area contributed by atoms with Crippen LogP contribution in [0.25, 0.3) is 0 Å². The fraction of sp³-hybridized carbons (Fsp3) is 0.576. The molecule has 1 aliphatic carbocycles. The molecular formula is C33H48O. The molecule has 0 unspecified atom stereocenters. The summed E-state index contributed by atoms with van der Waals surface area (Å²) in [5, 5.41) is 0. The molecule has 0 heterocycles. The van der Waals surface area contributed by atoms with Crippen LogP contribution < -0.4 is 0 Å². The quantitative estimate of drug-likeness (QED) is 0.190. The van der Waals surface area contributed by atoms with E-state index in [1.165, 1.54) is 92.9 Å². The number of hydrogen-bond acceptors (Lipinski definition) is 1. The second-order valence-corrected chi connectivity index (χ2v) is 10.4. The van der Waals surface area contributed by atoms with Crippen LogP contribution in [-0.4, -0.2) is 6.61 Å². The SMILES string of the molecule is C/C=C\C1CCC(CCCCc2ccc(CCc3ccc(COCCCCC)cc3)cc2)CC1. The van der Waals surface area contributed by atoms with E-state index < -0.39 is 0 Å². The van der Waals surface area contributed by atoms with Gasteiger partial charge in [-0.25, -0.2) is 0 Å². The molecule has 0 spiro atoms. The lowest BCUT2D eigenvalue weighted by Crippen LogP contribution is -2.13. The molecule has 2 aromatic rings. The zero-order valence-corrected chi connectivity index (χ0v) is 21.9. The second kappa shape index (κ2) is 15.9. The summed E-state index contributed by atoms with van der Waals surface area (Å²) >= 11 is 0. The van der Waals surface area contributed by atoms with Gasteiger partial charge >= 0.3 is 0 Å². The van der Waals surface area contributed by atoms with Crippen molar-refractivity contribution in [2.75, 3.05) is 6.61 Å². The van der Waals surface area contributed by atoms with E-state index in [0.717, 1.165) is 37.9 Å². The van der Waals surface area contributed by atoms with Crippen LogP contribution in [-0.2, 0) is 30.6 Å². The predicted molar refractivity (Wildman–Crippen MR) is 147 cm³/mol.